The van der Waals surface area contributed by atoms with E-state index >= 15 is 0 Å². The minimum atomic E-state index is -2.55. The molecule has 0 aromatic rings. The van der Waals surface area contributed by atoms with Gasteiger partial charge in [-0.3, -0.25) is 0 Å². The molecule has 0 aromatic carbocycles. The van der Waals surface area contributed by atoms with Gasteiger partial charge in [-0.1, -0.05) is 0 Å². The summed E-state index contributed by atoms with van der Waals surface area (Å²) >= 11 is 1.35. The summed E-state index contributed by atoms with van der Waals surface area (Å²) in [4.78, 5) is 10.2. The predicted octanol–water partition coefficient (Wildman–Crippen LogP) is 0.304. The van der Waals surface area contributed by atoms with Gasteiger partial charge in [0.25, 0.3) is 0 Å². The standard InChI is InChI=1S/CH4N.CHO2.CH3S.Hg/c1-2;2-1-3;1-2;/h2H,1H3;(H,2,3);2H,1H2;/q-1;;;+1. The Morgan fingerprint density at radius 3 is 2.50 bits per heavy atom. The molecule has 0 heterocycles. The predicted molar refractivity (Wildman–Crippen MR) is 30.9 cm³/mol. The van der Waals surface area contributed by atoms with Crippen molar-refractivity contribution in [2.24, 2.45) is 0 Å². The monoisotopic (exact) mass is 324 g/mol. The summed E-state index contributed by atoms with van der Waals surface area (Å²) in [5.74, 6) is 0. The SMILES string of the molecule is C[NH][Hg]([CH2]S)[C](=O)O. The van der Waals surface area contributed by atoms with Crippen molar-refractivity contribution < 1.29 is 33.2 Å². The number of hydrogen-bond acceptors (Lipinski definition) is 3. The van der Waals surface area contributed by atoms with Crippen molar-refractivity contribution in [3.63, 3.8) is 0 Å². The summed E-state index contributed by atoms with van der Waals surface area (Å²) in [6.45, 7) is 0. The van der Waals surface area contributed by atoms with E-state index in [1.165, 1.54) is 0 Å². The van der Waals surface area contributed by atoms with E-state index in [9.17, 15) is 4.79 Å². The summed E-state index contributed by atoms with van der Waals surface area (Å²) in [7, 11) is 1.70. The van der Waals surface area contributed by atoms with Crippen molar-refractivity contribution in [2.45, 2.75) is 0 Å². The van der Waals surface area contributed by atoms with Crippen LogP contribution in [-0.2, 0) is 23.3 Å². The first-order valence-corrected chi connectivity index (χ1v) is 12.5. The van der Waals surface area contributed by atoms with Crippen LogP contribution < -0.4 is 3.08 Å². The van der Waals surface area contributed by atoms with Gasteiger partial charge < -0.3 is 0 Å². The van der Waals surface area contributed by atoms with Gasteiger partial charge in [0.2, 0.25) is 0 Å². The molecule has 3 nitrogen and oxygen atoms in total. The van der Waals surface area contributed by atoms with Crippen LogP contribution in [-0.4, -0.2) is 18.9 Å². The normalized spacial score (nSPS) is 8.75. The van der Waals surface area contributed by atoms with E-state index in [4.69, 9.17) is 5.11 Å². The zero-order chi connectivity index (χ0) is 6.57. The number of nitrogens with one attached hydrogen (secondary N) is 1. The van der Waals surface area contributed by atoms with Crippen molar-refractivity contribution in [2.75, 3.05) is 10.3 Å². The van der Waals surface area contributed by atoms with Gasteiger partial charge in [0.15, 0.2) is 0 Å². The summed E-state index contributed by atoms with van der Waals surface area (Å²) in [5.41, 5.74) is 0. The van der Waals surface area contributed by atoms with Crippen molar-refractivity contribution in [1.29, 1.82) is 0 Å². The zero-order valence-corrected chi connectivity index (χ0v) is 11.1. The molecule has 0 aliphatic rings. The second-order valence-corrected chi connectivity index (χ2v) is 17.7. The molecule has 0 bridgehead atoms. The number of carbonyl (C=O) groups is 1. The van der Waals surface area contributed by atoms with Gasteiger partial charge in [-0.15, -0.1) is 0 Å². The third kappa shape index (κ3) is 2.89. The maximum atomic E-state index is 10.2. The molecule has 0 rings (SSSR count). The second kappa shape index (κ2) is 4.58. The topological polar surface area (TPSA) is 49.3 Å². The minimum absolute atomic E-state index is 0.557. The summed E-state index contributed by atoms with van der Waals surface area (Å²) in [6, 6.07) is 0. The summed E-state index contributed by atoms with van der Waals surface area (Å²) < 4.78 is 2.74. The van der Waals surface area contributed by atoms with Crippen LogP contribution in [0, 0.1) is 0 Å². The zero-order valence-electron chi connectivity index (χ0n) is 4.72. The third-order valence-electron chi connectivity index (χ3n) is 1.02. The van der Waals surface area contributed by atoms with Gasteiger partial charge in [-0.05, 0) is 0 Å². The van der Waals surface area contributed by atoms with Crippen LogP contribution in [0.25, 0.3) is 0 Å². The maximum absolute atomic E-state index is 10.2. The van der Waals surface area contributed by atoms with Gasteiger partial charge in [0.05, 0.1) is 0 Å². The molecule has 0 atom stereocenters. The average molecular weight is 323 g/mol. The Morgan fingerprint density at radius 2 is 2.50 bits per heavy atom. The number of rotatable bonds is 3. The molecule has 45 valence electrons. The molecule has 0 aliphatic carbocycles. The molecular formula is C3H8HgNO2S. The van der Waals surface area contributed by atoms with E-state index in [1.54, 1.807) is 7.05 Å². The molecule has 5 heteroatoms. The Morgan fingerprint density at radius 1 is 2.00 bits per heavy atom. The van der Waals surface area contributed by atoms with Crippen LogP contribution in [0.1, 0.15) is 0 Å². The average Bonchev–Trinajstić information content (AvgIpc) is 1.69. The third-order valence-corrected chi connectivity index (χ3v) is 12.8. The molecule has 0 fully saturated rings. The van der Waals surface area contributed by atoms with E-state index in [0.717, 1.165) is 0 Å². The Labute approximate surface area is 62.6 Å². The number of hydrogen-bond donors (Lipinski definition) is 3. The molecule has 0 amide bonds. The quantitative estimate of drug-likeness (QED) is 0.517. The first kappa shape index (κ1) is 8.72. The molecule has 0 aromatic heterocycles. The van der Waals surface area contributed by atoms with Gasteiger partial charge in [-0.25, -0.2) is 0 Å². The van der Waals surface area contributed by atoms with Crippen molar-refractivity contribution in [1.82, 2.24) is 3.08 Å². The van der Waals surface area contributed by atoms with Crippen LogP contribution in [0.2, 0.25) is 0 Å². The first-order valence-electron chi connectivity index (χ1n) is 2.45. The molecule has 0 radical (unpaired) electrons. The Hall–Kier alpha value is 0.715. The van der Waals surface area contributed by atoms with Crippen LogP contribution in [0.5, 0.6) is 0 Å². The fourth-order valence-electron chi connectivity index (χ4n) is 0.359. The molecule has 0 unspecified atom stereocenters. The van der Waals surface area contributed by atoms with Gasteiger partial charge in [-0.2, -0.15) is 0 Å². The fourth-order valence-corrected chi connectivity index (χ4v) is 6.79. The number of thiol groups is 1. The Balaban J connectivity index is 3.52. The van der Waals surface area contributed by atoms with Gasteiger partial charge >= 0.3 is 62.7 Å². The first-order chi connectivity index (χ1) is 3.72. The van der Waals surface area contributed by atoms with Crippen molar-refractivity contribution in [3.05, 3.63) is 0 Å². The fraction of sp³-hybridized carbons (Fsp3) is 0.667. The van der Waals surface area contributed by atoms with E-state index in [1.807, 2.05) is 0 Å². The summed E-state index contributed by atoms with van der Waals surface area (Å²) in [5, 5.41) is 8.36. The molecule has 0 saturated carbocycles. The van der Waals surface area contributed by atoms with Gasteiger partial charge in [0, 0.05) is 0 Å². The van der Waals surface area contributed by atoms with Crippen LogP contribution in [0.4, 0.5) is 4.79 Å². The van der Waals surface area contributed by atoms with E-state index in [2.05, 4.69) is 15.7 Å². The Bertz CT molecular complexity index is 85.4. The van der Waals surface area contributed by atoms with E-state index in [0.29, 0.717) is 3.26 Å². The molecule has 2 N–H and O–H groups in total. The van der Waals surface area contributed by atoms with E-state index < -0.39 is 26.8 Å². The van der Waals surface area contributed by atoms with Gasteiger partial charge in [0.1, 0.15) is 0 Å². The van der Waals surface area contributed by atoms with Crippen LogP contribution >= 0.6 is 12.6 Å². The molecule has 0 saturated heterocycles. The van der Waals surface area contributed by atoms with Crippen molar-refractivity contribution >= 4 is 16.1 Å². The second-order valence-electron chi connectivity index (χ2n) is 1.65. The van der Waals surface area contributed by atoms with Crippen molar-refractivity contribution in [3.8, 4) is 0 Å². The molecule has 0 spiro atoms. The number of carboxylic acid groups (broad SMARTS) is 1. The van der Waals surface area contributed by atoms with Crippen LogP contribution in [0.3, 0.4) is 0 Å². The summed E-state index contributed by atoms with van der Waals surface area (Å²) in [6.07, 6.45) is 0. The molecule has 8 heavy (non-hydrogen) atoms. The van der Waals surface area contributed by atoms with Crippen LogP contribution in [0.15, 0.2) is 0 Å². The molecule has 0 aliphatic heterocycles. The Kier molecular flexibility index (Phi) is 4.99. The molecular weight excluding hydrogens is 315 g/mol. The van der Waals surface area contributed by atoms with E-state index in [-0.39, 0.29) is 0 Å².